The van der Waals surface area contributed by atoms with Crippen LogP contribution in [0.2, 0.25) is 0 Å². The molecular weight excluding hydrogens is 277 g/mol. The Morgan fingerprint density at radius 3 is 2.50 bits per heavy atom. The van der Waals surface area contributed by atoms with Gasteiger partial charge in [0.25, 0.3) is 5.91 Å². The van der Waals surface area contributed by atoms with Crippen LogP contribution in [0.15, 0.2) is 12.7 Å². The third-order valence-corrected chi connectivity index (χ3v) is 2.91. The molecule has 18 heavy (non-hydrogen) atoms. The number of nitrogens with zero attached hydrogens (tertiary/aromatic N) is 1. The summed E-state index contributed by atoms with van der Waals surface area (Å²) in [6, 6.07) is 0. The first kappa shape index (κ1) is 15.8. The minimum atomic E-state index is -1.08. The van der Waals surface area contributed by atoms with Crippen molar-refractivity contribution in [3.8, 4) is 0 Å². The predicted octanol–water partition coefficient (Wildman–Crippen LogP) is 2.20. The van der Waals surface area contributed by atoms with Gasteiger partial charge in [0.05, 0.1) is 19.8 Å². The molecule has 1 fully saturated rings. The van der Waals surface area contributed by atoms with E-state index in [1.54, 1.807) is 6.08 Å². The van der Waals surface area contributed by atoms with Crippen LogP contribution < -0.4 is 0 Å². The van der Waals surface area contributed by atoms with Gasteiger partial charge in [-0.05, 0) is 0 Å². The summed E-state index contributed by atoms with van der Waals surface area (Å²) in [6.07, 6.45) is 1.18. The molecule has 0 atom stereocenters. The molecule has 4 nitrogen and oxygen atoms in total. The molecule has 0 aliphatic carbocycles. The second-order valence-corrected chi connectivity index (χ2v) is 6.14. The van der Waals surface area contributed by atoms with Crippen molar-refractivity contribution >= 4 is 29.1 Å². The lowest BCUT2D eigenvalue weighted by Crippen LogP contribution is -2.46. The number of amides is 1. The van der Waals surface area contributed by atoms with Crippen molar-refractivity contribution in [1.82, 2.24) is 4.90 Å². The highest BCUT2D eigenvalue weighted by atomic mass is 35.5. The summed E-state index contributed by atoms with van der Waals surface area (Å²) in [6.45, 7) is 9.57. The van der Waals surface area contributed by atoms with Crippen LogP contribution in [-0.2, 0) is 14.3 Å². The monoisotopic (exact) mass is 295 g/mol. The SMILES string of the molecule is C=CCN(CC1OCC(C)(C)CO1)C(=O)C(Cl)Cl. The molecule has 0 N–H and O–H groups in total. The van der Waals surface area contributed by atoms with Crippen molar-refractivity contribution in [2.24, 2.45) is 5.41 Å². The number of alkyl halides is 2. The molecule has 1 heterocycles. The van der Waals surface area contributed by atoms with Crippen molar-refractivity contribution in [2.45, 2.75) is 25.0 Å². The Kier molecular flexibility index (Phi) is 5.92. The van der Waals surface area contributed by atoms with Gasteiger partial charge in [-0.3, -0.25) is 4.79 Å². The van der Waals surface area contributed by atoms with Gasteiger partial charge in [0.15, 0.2) is 11.1 Å². The lowest BCUT2D eigenvalue weighted by atomic mass is 9.96. The molecule has 0 unspecified atom stereocenters. The van der Waals surface area contributed by atoms with Gasteiger partial charge < -0.3 is 14.4 Å². The number of carbonyl (C=O) groups is 1. The highest BCUT2D eigenvalue weighted by molar-refractivity contribution is 6.53. The quantitative estimate of drug-likeness (QED) is 0.577. The van der Waals surface area contributed by atoms with Gasteiger partial charge in [-0.2, -0.15) is 0 Å². The zero-order valence-electron chi connectivity index (χ0n) is 10.7. The zero-order chi connectivity index (χ0) is 13.8. The molecule has 0 bridgehead atoms. The Bertz CT molecular complexity index is 298. The van der Waals surface area contributed by atoms with Crippen LogP contribution in [-0.4, -0.2) is 48.2 Å². The lowest BCUT2D eigenvalue weighted by Gasteiger charge is -2.36. The average Bonchev–Trinajstić information content (AvgIpc) is 2.30. The van der Waals surface area contributed by atoms with Gasteiger partial charge in [-0.1, -0.05) is 43.1 Å². The van der Waals surface area contributed by atoms with Crippen LogP contribution in [0.4, 0.5) is 0 Å². The molecule has 0 spiro atoms. The molecule has 6 heteroatoms. The number of hydrogen-bond donors (Lipinski definition) is 0. The fourth-order valence-corrected chi connectivity index (χ4v) is 1.84. The summed E-state index contributed by atoms with van der Waals surface area (Å²) in [5.41, 5.74) is 0.00524. The summed E-state index contributed by atoms with van der Waals surface area (Å²) < 4.78 is 11.1. The number of hydrogen-bond acceptors (Lipinski definition) is 3. The van der Waals surface area contributed by atoms with E-state index < -0.39 is 11.1 Å². The highest BCUT2D eigenvalue weighted by Crippen LogP contribution is 2.23. The average molecular weight is 296 g/mol. The van der Waals surface area contributed by atoms with Crippen LogP contribution in [0.3, 0.4) is 0 Å². The summed E-state index contributed by atoms with van der Waals surface area (Å²) in [4.78, 5) is 12.1. The first-order chi connectivity index (χ1) is 8.35. The highest BCUT2D eigenvalue weighted by Gasteiger charge is 2.31. The summed E-state index contributed by atoms with van der Waals surface area (Å²) in [5, 5.41) is 0. The summed E-state index contributed by atoms with van der Waals surface area (Å²) in [5.74, 6) is -0.365. The van der Waals surface area contributed by atoms with E-state index in [4.69, 9.17) is 32.7 Å². The van der Waals surface area contributed by atoms with Crippen molar-refractivity contribution in [1.29, 1.82) is 0 Å². The van der Waals surface area contributed by atoms with Crippen molar-refractivity contribution in [3.05, 3.63) is 12.7 Å². The van der Waals surface area contributed by atoms with Crippen LogP contribution in [0.5, 0.6) is 0 Å². The maximum absolute atomic E-state index is 11.7. The van der Waals surface area contributed by atoms with E-state index in [9.17, 15) is 4.79 Å². The van der Waals surface area contributed by atoms with Crippen LogP contribution in [0, 0.1) is 5.41 Å². The molecule has 1 aliphatic heterocycles. The molecule has 0 radical (unpaired) electrons. The number of carbonyl (C=O) groups excluding carboxylic acids is 1. The van der Waals surface area contributed by atoms with Gasteiger partial charge in [0.2, 0.25) is 0 Å². The molecule has 1 rings (SSSR count). The normalized spacial score (nSPS) is 19.8. The molecule has 1 aliphatic rings. The van der Waals surface area contributed by atoms with E-state index >= 15 is 0 Å². The van der Waals surface area contributed by atoms with Gasteiger partial charge in [-0.15, -0.1) is 6.58 Å². The summed E-state index contributed by atoms with van der Waals surface area (Å²) in [7, 11) is 0. The topological polar surface area (TPSA) is 38.8 Å². The maximum atomic E-state index is 11.7. The largest absolute Gasteiger partial charge is 0.350 e. The number of rotatable bonds is 5. The molecule has 1 amide bonds. The molecular formula is C12H19Cl2NO3. The Balaban J connectivity index is 2.52. The zero-order valence-corrected chi connectivity index (χ0v) is 12.2. The van der Waals surface area contributed by atoms with Gasteiger partial charge in [0.1, 0.15) is 0 Å². The fourth-order valence-electron chi connectivity index (χ4n) is 1.56. The Labute approximate surface area is 118 Å². The molecule has 0 aromatic heterocycles. The van der Waals surface area contributed by atoms with Crippen molar-refractivity contribution < 1.29 is 14.3 Å². The Morgan fingerprint density at radius 2 is 2.06 bits per heavy atom. The smallest absolute Gasteiger partial charge is 0.256 e. The van der Waals surface area contributed by atoms with Gasteiger partial charge >= 0.3 is 0 Å². The molecule has 0 saturated carbocycles. The first-order valence-corrected chi connectivity index (χ1v) is 6.64. The Morgan fingerprint density at radius 1 is 1.50 bits per heavy atom. The fraction of sp³-hybridized carbons (Fsp3) is 0.750. The number of halogens is 2. The number of ether oxygens (including phenoxy) is 2. The second kappa shape index (κ2) is 6.75. The van der Waals surface area contributed by atoms with Crippen molar-refractivity contribution in [3.63, 3.8) is 0 Å². The molecule has 1 saturated heterocycles. The predicted molar refractivity (Wildman–Crippen MR) is 71.7 cm³/mol. The lowest BCUT2D eigenvalue weighted by molar-refractivity contribution is -0.226. The molecule has 104 valence electrons. The van der Waals surface area contributed by atoms with Crippen LogP contribution >= 0.6 is 23.2 Å². The third-order valence-electron chi connectivity index (χ3n) is 2.54. The van der Waals surface area contributed by atoms with Crippen LogP contribution in [0.25, 0.3) is 0 Å². The minimum Gasteiger partial charge on any atom is -0.350 e. The minimum absolute atomic E-state index is 0.00524. The van der Waals surface area contributed by atoms with E-state index in [0.717, 1.165) is 0 Å². The van der Waals surface area contributed by atoms with Gasteiger partial charge in [0, 0.05) is 12.0 Å². The van der Waals surface area contributed by atoms with E-state index in [-0.39, 0.29) is 11.3 Å². The Hall–Kier alpha value is -0.290. The molecule has 0 aromatic carbocycles. The van der Waals surface area contributed by atoms with Gasteiger partial charge in [-0.25, -0.2) is 0 Å². The second-order valence-electron chi connectivity index (χ2n) is 5.05. The first-order valence-electron chi connectivity index (χ1n) is 5.77. The van der Waals surface area contributed by atoms with E-state index in [2.05, 4.69) is 20.4 Å². The summed E-state index contributed by atoms with van der Waals surface area (Å²) >= 11 is 11.2. The maximum Gasteiger partial charge on any atom is 0.256 e. The van der Waals surface area contributed by atoms with E-state index in [1.807, 2.05) is 0 Å². The van der Waals surface area contributed by atoms with Crippen molar-refractivity contribution in [2.75, 3.05) is 26.3 Å². The molecule has 0 aromatic rings. The third kappa shape index (κ3) is 4.76. The standard InChI is InChI=1S/C12H19Cl2NO3/c1-4-5-15(11(16)10(13)14)6-9-17-7-12(2,3)8-18-9/h4,9-10H,1,5-8H2,2-3H3. The van der Waals surface area contributed by atoms with Crippen LogP contribution in [0.1, 0.15) is 13.8 Å². The van der Waals surface area contributed by atoms with E-state index in [0.29, 0.717) is 26.3 Å². The van der Waals surface area contributed by atoms with E-state index in [1.165, 1.54) is 4.90 Å².